The molecule has 96 valence electrons. The van der Waals surface area contributed by atoms with Crippen LogP contribution < -0.4 is 16.0 Å². The van der Waals surface area contributed by atoms with E-state index in [0.717, 1.165) is 15.7 Å². The van der Waals surface area contributed by atoms with Crippen molar-refractivity contribution in [3.05, 3.63) is 28.2 Å². The molecule has 1 aromatic rings. The summed E-state index contributed by atoms with van der Waals surface area (Å²) in [5.41, 5.74) is 1.84. The second-order valence-electron chi connectivity index (χ2n) is 4.21. The van der Waals surface area contributed by atoms with Crippen molar-refractivity contribution in [1.29, 1.82) is 0 Å². The monoisotopic (exact) mass is 311 g/mol. The second-order valence-corrected chi connectivity index (χ2v) is 5.06. The quantitative estimate of drug-likeness (QED) is 0.756. The standard InChI is InChI=1S/C12H14BrN3O2/c1-7-2-3-9(8(13)4-7)16-12(18)10-5-15-11(17)6-14-10/h2-4,10,14H,5-6H2,1H3,(H,15,17)(H,16,18). The number of piperazine rings is 1. The molecule has 1 heterocycles. The lowest BCUT2D eigenvalue weighted by molar-refractivity contribution is -0.124. The average molecular weight is 312 g/mol. The van der Waals surface area contributed by atoms with Crippen molar-refractivity contribution in [1.82, 2.24) is 10.6 Å². The highest BCUT2D eigenvalue weighted by molar-refractivity contribution is 9.10. The molecule has 3 N–H and O–H groups in total. The maximum absolute atomic E-state index is 12.0. The molecule has 1 fully saturated rings. The van der Waals surface area contributed by atoms with Gasteiger partial charge in [0, 0.05) is 11.0 Å². The molecule has 0 aromatic heterocycles. The van der Waals surface area contributed by atoms with Gasteiger partial charge in [0.1, 0.15) is 6.04 Å². The number of aryl methyl sites for hydroxylation is 1. The predicted octanol–water partition coefficient (Wildman–Crippen LogP) is 0.784. The number of benzene rings is 1. The van der Waals surface area contributed by atoms with Crippen LogP contribution in [-0.4, -0.2) is 30.9 Å². The third-order valence-electron chi connectivity index (χ3n) is 2.71. The van der Waals surface area contributed by atoms with Gasteiger partial charge in [0.15, 0.2) is 0 Å². The first-order valence-corrected chi connectivity index (χ1v) is 6.42. The number of rotatable bonds is 2. The highest BCUT2D eigenvalue weighted by Crippen LogP contribution is 2.23. The lowest BCUT2D eigenvalue weighted by Gasteiger charge is -2.23. The molecule has 1 aliphatic heterocycles. The Morgan fingerprint density at radius 1 is 1.50 bits per heavy atom. The molecule has 2 rings (SSSR count). The molecular formula is C12H14BrN3O2. The molecule has 0 radical (unpaired) electrons. The molecule has 0 aliphatic carbocycles. The fourth-order valence-corrected chi connectivity index (χ4v) is 2.29. The minimum atomic E-state index is -0.393. The van der Waals surface area contributed by atoms with E-state index in [9.17, 15) is 9.59 Å². The van der Waals surface area contributed by atoms with Gasteiger partial charge in [-0.1, -0.05) is 6.07 Å². The summed E-state index contributed by atoms with van der Waals surface area (Å²) < 4.78 is 0.843. The molecule has 0 spiro atoms. The summed E-state index contributed by atoms with van der Waals surface area (Å²) in [5.74, 6) is -0.241. The summed E-state index contributed by atoms with van der Waals surface area (Å²) in [7, 11) is 0. The Morgan fingerprint density at radius 2 is 2.28 bits per heavy atom. The molecule has 1 saturated heterocycles. The van der Waals surface area contributed by atoms with E-state index in [2.05, 4.69) is 31.9 Å². The van der Waals surface area contributed by atoms with Gasteiger partial charge in [-0.05, 0) is 40.5 Å². The molecule has 6 heteroatoms. The van der Waals surface area contributed by atoms with Gasteiger partial charge in [-0.3, -0.25) is 14.9 Å². The van der Waals surface area contributed by atoms with Crippen molar-refractivity contribution >= 4 is 33.4 Å². The highest BCUT2D eigenvalue weighted by atomic mass is 79.9. The zero-order valence-corrected chi connectivity index (χ0v) is 11.5. The number of anilines is 1. The third-order valence-corrected chi connectivity index (χ3v) is 3.37. The molecule has 0 saturated carbocycles. The summed E-state index contributed by atoms with van der Waals surface area (Å²) in [5, 5.41) is 8.35. The van der Waals surface area contributed by atoms with Gasteiger partial charge in [-0.2, -0.15) is 0 Å². The van der Waals surface area contributed by atoms with E-state index < -0.39 is 6.04 Å². The van der Waals surface area contributed by atoms with Crippen molar-refractivity contribution in [2.24, 2.45) is 0 Å². The molecule has 1 aliphatic rings. The summed E-state index contributed by atoms with van der Waals surface area (Å²) in [6.45, 7) is 2.47. The summed E-state index contributed by atoms with van der Waals surface area (Å²) in [4.78, 5) is 22.9. The number of halogens is 1. The van der Waals surface area contributed by atoms with Crippen LogP contribution in [-0.2, 0) is 9.59 Å². The van der Waals surface area contributed by atoms with Gasteiger partial charge >= 0.3 is 0 Å². The van der Waals surface area contributed by atoms with E-state index >= 15 is 0 Å². The topological polar surface area (TPSA) is 70.2 Å². The largest absolute Gasteiger partial charge is 0.353 e. The van der Waals surface area contributed by atoms with E-state index in [1.165, 1.54) is 0 Å². The van der Waals surface area contributed by atoms with Crippen molar-refractivity contribution in [2.45, 2.75) is 13.0 Å². The van der Waals surface area contributed by atoms with Gasteiger partial charge in [0.05, 0.1) is 12.2 Å². The molecule has 1 unspecified atom stereocenters. The van der Waals surface area contributed by atoms with Crippen molar-refractivity contribution in [3.8, 4) is 0 Å². The predicted molar refractivity (Wildman–Crippen MR) is 72.3 cm³/mol. The minimum absolute atomic E-state index is 0.0874. The lowest BCUT2D eigenvalue weighted by atomic mass is 10.2. The van der Waals surface area contributed by atoms with Crippen molar-refractivity contribution < 1.29 is 9.59 Å². The Morgan fingerprint density at radius 3 is 2.89 bits per heavy atom. The summed E-state index contributed by atoms with van der Waals surface area (Å²) in [6, 6.07) is 5.32. The second kappa shape index (κ2) is 5.49. The van der Waals surface area contributed by atoms with Crippen molar-refractivity contribution in [2.75, 3.05) is 18.4 Å². The number of amides is 2. The zero-order chi connectivity index (χ0) is 13.1. The Hall–Kier alpha value is -1.40. The van der Waals surface area contributed by atoms with Crippen LogP contribution in [0.25, 0.3) is 0 Å². The summed E-state index contributed by atoms with van der Waals surface area (Å²) in [6.07, 6.45) is 0. The SMILES string of the molecule is Cc1ccc(NC(=O)C2CNC(=O)CN2)c(Br)c1. The Balaban J connectivity index is 2.00. The average Bonchev–Trinajstić information content (AvgIpc) is 2.33. The number of nitrogens with one attached hydrogen (secondary N) is 3. The Bertz CT molecular complexity index is 480. The van der Waals surface area contributed by atoms with Crippen LogP contribution in [0.2, 0.25) is 0 Å². The van der Waals surface area contributed by atoms with Gasteiger partial charge in [-0.15, -0.1) is 0 Å². The van der Waals surface area contributed by atoms with Crippen LogP contribution in [0.5, 0.6) is 0 Å². The van der Waals surface area contributed by atoms with E-state index in [4.69, 9.17) is 0 Å². The maximum atomic E-state index is 12.0. The third kappa shape index (κ3) is 3.08. The normalized spacial score (nSPS) is 19.2. The lowest BCUT2D eigenvalue weighted by Crippen LogP contribution is -2.56. The van der Waals surface area contributed by atoms with Crippen LogP contribution >= 0.6 is 15.9 Å². The van der Waals surface area contributed by atoms with Crippen LogP contribution in [0, 0.1) is 6.92 Å². The number of carbonyl (C=O) groups excluding carboxylic acids is 2. The van der Waals surface area contributed by atoms with Gasteiger partial charge in [-0.25, -0.2) is 0 Å². The van der Waals surface area contributed by atoms with E-state index in [0.29, 0.717) is 6.54 Å². The van der Waals surface area contributed by atoms with E-state index in [1.54, 1.807) is 0 Å². The first-order chi connectivity index (χ1) is 8.56. The number of hydrogen-bond donors (Lipinski definition) is 3. The number of hydrogen-bond acceptors (Lipinski definition) is 3. The number of carbonyl (C=O) groups is 2. The van der Waals surface area contributed by atoms with Gasteiger partial charge in [0.25, 0.3) is 0 Å². The van der Waals surface area contributed by atoms with E-state index in [1.807, 2.05) is 25.1 Å². The van der Waals surface area contributed by atoms with Crippen LogP contribution in [0.3, 0.4) is 0 Å². The first-order valence-electron chi connectivity index (χ1n) is 5.63. The minimum Gasteiger partial charge on any atom is -0.353 e. The summed E-state index contributed by atoms with van der Waals surface area (Å²) >= 11 is 3.40. The molecule has 1 aromatic carbocycles. The van der Waals surface area contributed by atoms with Gasteiger partial charge in [0.2, 0.25) is 11.8 Å². The molecule has 1 atom stereocenters. The van der Waals surface area contributed by atoms with Crippen LogP contribution in [0.15, 0.2) is 22.7 Å². The fourth-order valence-electron chi connectivity index (χ4n) is 1.69. The Kier molecular flexibility index (Phi) is 3.98. The maximum Gasteiger partial charge on any atom is 0.243 e. The molecule has 2 amide bonds. The van der Waals surface area contributed by atoms with Crippen molar-refractivity contribution in [3.63, 3.8) is 0 Å². The Labute approximate surface area is 113 Å². The van der Waals surface area contributed by atoms with Crippen LogP contribution in [0.4, 0.5) is 5.69 Å². The van der Waals surface area contributed by atoms with E-state index in [-0.39, 0.29) is 18.4 Å². The van der Waals surface area contributed by atoms with Gasteiger partial charge < -0.3 is 10.6 Å². The highest BCUT2D eigenvalue weighted by Gasteiger charge is 2.23. The fraction of sp³-hybridized carbons (Fsp3) is 0.333. The molecule has 5 nitrogen and oxygen atoms in total. The first kappa shape index (κ1) is 13.0. The molecule has 0 bridgehead atoms. The zero-order valence-electron chi connectivity index (χ0n) is 9.92. The smallest absolute Gasteiger partial charge is 0.243 e. The molecular weight excluding hydrogens is 298 g/mol. The molecule has 18 heavy (non-hydrogen) atoms. The van der Waals surface area contributed by atoms with Crippen LogP contribution in [0.1, 0.15) is 5.56 Å².